The minimum absolute atomic E-state index is 0.102. The fourth-order valence-corrected chi connectivity index (χ4v) is 4.82. The molecular weight excluding hydrogens is 406 g/mol. The van der Waals surface area contributed by atoms with Crippen LogP contribution in [0, 0.1) is 0 Å². The summed E-state index contributed by atoms with van der Waals surface area (Å²) in [7, 11) is 1.64. The molecule has 3 aromatic rings. The van der Waals surface area contributed by atoms with Crippen molar-refractivity contribution in [3.8, 4) is 5.75 Å². The predicted octanol–water partition coefficient (Wildman–Crippen LogP) is 5.48. The molecule has 0 aliphatic carbocycles. The molecule has 1 aliphatic rings. The molecule has 6 heteroatoms. The molecule has 0 aromatic heterocycles. The molecule has 0 saturated carbocycles. The van der Waals surface area contributed by atoms with Crippen LogP contribution >= 0.6 is 11.8 Å². The van der Waals surface area contributed by atoms with Gasteiger partial charge in [0.25, 0.3) is 0 Å². The summed E-state index contributed by atoms with van der Waals surface area (Å²) < 4.78 is 5.18. The number of amides is 1. The second kappa shape index (κ2) is 9.79. The van der Waals surface area contributed by atoms with Crippen molar-refractivity contribution in [1.29, 1.82) is 0 Å². The monoisotopic (exact) mass is 431 g/mol. The van der Waals surface area contributed by atoms with Crippen LogP contribution in [0.4, 0.5) is 0 Å². The van der Waals surface area contributed by atoms with E-state index in [1.807, 2.05) is 42.5 Å². The van der Waals surface area contributed by atoms with Crippen molar-refractivity contribution in [2.24, 2.45) is 10.2 Å². The zero-order valence-corrected chi connectivity index (χ0v) is 18.5. The van der Waals surface area contributed by atoms with Gasteiger partial charge in [-0.1, -0.05) is 67.6 Å². The molecule has 0 unspecified atom stereocenters. The van der Waals surface area contributed by atoms with Crippen LogP contribution in [-0.2, 0) is 11.3 Å². The quantitative estimate of drug-likeness (QED) is 0.368. The summed E-state index contributed by atoms with van der Waals surface area (Å²) in [6, 6.07) is 22.0. The van der Waals surface area contributed by atoms with E-state index in [2.05, 4.69) is 41.4 Å². The molecule has 1 atom stereocenters. The smallest absolute Gasteiger partial charge is 0.242 e. The highest BCUT2D eigenvalue weighted by atomic mass is 32.2. The highest BCUT2D eigenvalue weighted by Crippen LogP contribution is 2.32. The number of thioether (sulfide) groups is 1. The van der Waals surface area contributed by atoms with Gasteiger partial charge >= 0.3 is 0 Å². The summed E-state index contributed by atoms with van der Waals surface area (Å²) in [5.41, 5.74) is 2.03. The standard InChI is InChI=1S/C25H25N3O2S/c1-3-7-23-24(29)28(17-20-10-6-9-19-8-4-5-11-22(19)20)25(31-23)27-26-16-18-12-14-21(30-2)15-13-18/h4-6,8-16,23H,3,7,17H2,1-2H3/b26-16-,27-25-/t23-/m1/s1. The van der Waals surface area contributed by atoms with Crippen LogP contribution in [0.1, 0.15) is 30.9 Å². The summed E-state index contributed by atoms with van der Waals surface area (Å²) in [5.74, 6) is 0.905. The molecule has 1 saturated heterocycles. The van der Waals surface area contributed by atoms with Gasteiger partial charge in [0.2, 0.25) is 5.91 Å². The third-order valence-electron chi connectivity index (χ3n) is 5.25. The van der Waals surface area contributed by atoms with Gasteiger partial charge in [-0.25, -0.2) is 0 Å². The number of fused-ring (bicyclic) bond motifs is 1. The van der Waals surface area contributed by atoms with Gasteiger partial charge in [-0.15, -0.1) is 5.10 Å². The van der Waals surface area contributed by atoms with Crippen molar-refractivity contribution in [3.05, 3.63) is 77.9 Å². The highest BCUT2D eigenvalue weighted by molar-refractivity contribution is 8.15. The molecule has 5 nitrogen and oxygen atoms in total. The lowest BCUT2D eigenvalue weighted by atomic mass is 10.0. The maximum absolute atomic E-state index is 13.1. The Hall–Kier alpha value is -3.12. The van der Waals surface area contributed by atoms with E-state index in [0.717, 1.165) is 35.1 Å². The van der Waals surface area contributed by atoms with Crippen LogP contribution in [0.2, 0.25) is 0 Å². The molecule has 1 aliphatic heterocycles. The molecule has 31 heavy (non-hydrogen) atoms. The first-order valence-corrected chi connectivity index (χ1v) is 11.3. The number of hydrogen-bond donors (Lipinski definition) is 0. The summed E-state index contributed by atoms with van der Waals surface area (Å²) >= 11 is 1.51. The number of methoxy groups -OCH3 is 1. The van der Waals surface area contributed by atoms with E-state index in [4.69, 9.17) is 4.74 Å². The van der Waals surface area contributed by atoms with Crippen molar-refractivity contribution in [2.45, 2.75) is 31.6 Å². The lowest BCUT2D eigenvalue weighted by Gasteiger charge is -2.17. The van der Waals surface area contributed by atoms with E-state index in [-0.39, 0.29) is 11.2 Å². The summed E-state index contributed by atoms with van der Waals surface area (Å²) in [6.45, 7) is 2.59. The number of nitrogens with zero attached hydrogens (tertiary/aromatic N) is 3. The maximum atomic E-state index is 13.1. The van der Waals surface area contributed by atoms with Crippen molar-refractivity contribution in [1.82, 2.24) is 4.90 Å². The van der Waals surface area contributed by atoms with Crippen LogP contribution in [-0.4, -0.2) is 34.5 Å². The SMILES string of the molecule is CCC[C@H]1S/C(=N\N=C/c2ccc(OC)cc2)N(Cc2cccc3ccccc23)C1=O. The molecule has 1 fully saturated rings. The van der Waals surface area contributed by atoms with Gasteiger partial charge in [0.05, 0.1) is 25.1 Å². The number of hydrogen-bond acceptors (Lipinski definition) is 5. The zero-order chi connectivity index (χ0) is 21.6. The van der Waals surface area contributed by atoms with Crippen LogP contribution in [0.5, 0.6) is 5.75 Å². The van der Waals surface area contributed by atoms with Gasteiger partial charge in [0.15, 0.2) is 5.17 Å². The van der Waals surface area contributed by atoms with Crippen molar-refractivity contribution >= 4 is 39.8 Å². The Morgan fingerprint density at radius 2 is 1.84 bits per heavy atom. The molecule has 0 N–H and O–H groups in total. The molecule has 1 heterocycles. The summed E-state index contributed by atoms with van der Waals surface area (Å²) in [5, 5.41) is 11.6. The maximum Gasteiger partial charge on any atom is 0.242 e. The molecule has 4 rings (SSSR count). The topological polar surface area (TPSA) is 54.3 Å². The Kier molecular flexibility index (Phi) is 6.67. The minimum Gasteiger partial charge on any atom is -0.497 e. The molecular formula is C25H25N3O2S. The van der Waals surface area contributed by atoms with E-state index >= 15 is 0 Å². The Bertz CT molecular complexity index is 1120. The highest BCUT2D eigenvalue weighted by Gasteiger charge is 2.37. The molecule has 0 bridgehead atoms. The van der Waals surface area contributed by atoms with E-state index < -0.39 is 0 Å². The first kappa shape index (κ1) is 21.1. The Morgan fingerprint density at radius 3 is 2.61 bits per heavy atom. The van der Waals surface area contributed by atoms with Gasteiger partial charge in [-0.3, -0.25) is 9.69 Å². The number of amidine groups is 1. The van der Waals surface area contributed by atoms with Crippen molar-refractivity contribution < 1.29 is 9.53 Å². The lowest BCUT2D eigenvalue weighted by Crippen LogP contribution is -2.31. The van der Waals surface area contributed by atoms with Gasteiger partial charge in [0, 0.05) is 0 Å². The lowest BCUT2D eigenvalue weighted by molar-refractivity contribution is -0.126. The van der Waals surface area contributed by atoms with E-state index in [0.29, 0.717) is 11.7 Å². The average molecular weight is 432 g/mol. The van der Waals surface area contributed by atoms with Crippen LogP contribution in [0.15, 0.2) is 76.9 Å². The number of ether oxygens (including phenoxy) is 1. The molecule has 0 spiro atoms. The minimum atomic E-state index is -0.102. The van der Waals surface area contributed by atoms with Gasteiger partial charge < -0.3 is 4.74 Å². The number of rotatable bonds is 7. The molecule has 1 amide bonds. The summed E-state index contributed by atoms with van der Waals surface area (Å²) in [4.78, 5) is 14.9. The second-order valence-corrected chi connectivity index (χ2v) is 8.53. The van der Waals surface area contributed by atoms with E-state index in [1.54, 1.807) is 18.2 Å². The molecule has 3 aromatic carbocycles. The second-order valence-electron chi connectivity index (χ2n) is 7.36. The largest absolute Gasteiger partial charge is 0.497 e. The number of carbonyl (C=O) groups excluding carboxylic acids is 1. The zero-order valence-electron chi connectivity index (χ0n) is 17.7. The predicted molar refractivity (Wildman–Crippen MR) is 129 cm³/mol. The first-order valence-electron chi connectivity index (χ1n) is 10.4. The van der Waals surface area contributed by atoms with E-state index in [9.17, 15) is 4.79 Å². The third kappa shape index (κ3) is 4.80. The Balaban J connectivity index is 1.60. The average Bonchev–Trinajstić information content (AvgIpc) is 3.09. The van der Waals surface area contributed by atoms with Crippen molar-refractivity contribution in [2.75, 3.05) is 7.11 Å². The fraction of sp³-hybridized carbons (Fsp3) is 0.240. The first-order chi connectivity index (χ1) is 15.2. The van der Waals surface area contributed by atoms with Crippen LogP contribution in [0.25, 0.3) is 10.8 Å². The van der Waals surface area contributed by atoms with Crippen molar-refractivity contribution in [3.63, 3.8) is 0 Å². The van der Waals surface area contributed by atoms with Crippen LogP contribution in [0.3, 0.4) is 0 Å². The third-order valence-corrected chi connectivity index (χ3v) is 6.48. The summed E-state index contributed by atoms with van der Waals surface area (Å²) in [6.07, 6.45) is 3.48. The van der Waals surface area contributed by atoms with E-state index in [1.165, 1.54) is 17.1 Å². The van der Waals surface area contributed by atoms with Gasteiger partial charge in [-0.05, 0) is 52.6 Å². The van der Waals surface area contributed by atoms with Crippen LogP contribution < -0.4 is 4.74 Å². The number of carbonyl (C=O) groups is 1. The molecule has 0 radical (unpaired) electrons. The fourth-order valence-electron chi connectivity index (χ4n) is 3.61. The molecule has 158 valence electrons. The Labute approximate surface area is 186 Å². The normalized spacial score (nSPS) is 17.9. The number of benzene rings is 3. The Morgan fingerprint density at radius 1 is 1.06 bits per heavy atom. The van der Waals surface area contributed by atoms with Gasteiger partial charge in [-0.2, -0.15) is 5.10 Å². The van der Waals surface area contributed by atoms with Gasteiger partial charge in [0.1, 0.15) is 5.75 Å².